The smallest absolute Gasteiger partial charge is 0.326 e. The number of quaternary nitrogens is 1. The summed E-state index contributed by atoms with van der Waals surface area (Å²) >= 11 is 0. The first kappa shape index (κ1) is 20.9. The molecule has 2 N–H and O–H groups in total. The Bertz CT molecular complexity index is 910. The molecule has 27 heavy (non-hydrogen) atoms. The molecule has 0 bridgehead atoms. The van der Waals surface area contributed by atoms with Crippen molar-refractivity contribution in [2.45, 2.75) is 17.6 Å². The molecule has 1 atom stereocenters. The van der Waals surface area contributed by atoms with Crippen molar-refractivity contribution in [1.29, 1.82) is 0 Å². The van der Waals surface area contributed by atoms with Crippen LogP contribution in [-0.2, 0) is 27.4 Å². The van der Waals surface area contributed by atoms with E-state index >= 15 is 0 Å². The molecule has 0 spiro atoms. The Kier molecular flexibility index (Phi) is 6.27. The summed E-state index contributed by atoms with van der Waals surface area (Å²) in [5.74, 6) is -0.329. The lowest BCUT2D eigenvalue weighted by molar-refractivity contribution is -0.885. The van der Waals surface area contributed by atoms with Gasteiger partial charge >= 0.3 is 6.18 Å². The summed E-state index contributed by atoms with van der Waals surface area (Å²) in [5.41, 5.74) is 0.324. The maximum Gasteiger partial charge on any atom is 0.416 e. The number of carbonyl (C=O) groups excluding carboxylic acids is 1. The fraction of sp³-hybridized carbons (Fsp3) is 0.278. The van der Waals surface area contributed by atoms with Gasteiger partial charge in [0, 0.05) is 17.5 Å². The maximum atomic E-state index is 12.6. The number of sulfone groups is 1. The van der Waals surface area contributed by atoms with Crippen molar-refractivity contribution in [3.8, 4) is 0 Å². The lowest BCUT2D eigenvalue weighted by Crippen LogP contribution is -3.08. The molecule has 2 rings (SSSR count). The third kappa shape index (κ3) is 6.37. The fourth-order valence-electron chi connectivity index (χ4n) is 2.51. The summed E-state index contributed by atoms with van der Waals surface area (Å²) in [6.07, 6.45) is -3.30. The summed E-state index contributed by atoms with van der Waals surface area (Å²) < 4.78 is 60.8. The van der Waals surface area contributed by atoms with E-state index in [9.17, 15) is 26.4 Å². The van der Waals surface area contributed by atoms with Crippen molar-refractivity contribution in [2.24, 2.45) is 0 Å². The largest absolute Gasteiger partial charge is 0.416 e. The van der Waals surface area contributed by atoms with Crippen LogP contribution >= 0.6 is 0 Å². The van der Waals surface area contributed by atoms with Crippen molar-refractivity contribution in [3.63, 3.8) is 0 Å². The van der Waals surface area contributed by atoms with Gasteiger partial charge in [0.2, 0.25) is 0 Å². The van der Waals surface area contributed by atoms with Gasteiger partial charge in [-0.1, -0.05) is 18.2 Å². The summed E-state index contributed by atoms with van der Waals surface area (Å²) in [7, 11) is -1.64. The summed E-state index contributed by atoms with van der Waals surface area (Å²) in [4.78, 5) is 13.0. The highest BCUT2D eigenvalue weighted by Gasteiger charge is 2.30. The molecule has 0 aromatic heterocycles. The molecule has 1 unspecified atom stereocenters. The highest BCUT2D eigenvalue weighted by molar-refractivity contribution is 7.90. The van der Waals surface area contributed by atoms with Crippen molar-refractivity contribution >= 4 is 21.4 Å². The van der Waals surface area contributed by atoms with Crippen LogP contribution in [0.15, 0.2) is 53.4 Å². The van der Waals surface area contributed by atoms with Crippen molar-refractivity contribution in [1.82, 2.24) is 0 Å². The molecule has 146 valence electrons. The zero-order chi connectivity index (χ0) is 20.2. The van der Waals surface area contributed by atoms with Gasteiger partial charge in [-0.05, 0) is 30.3 Å². The van der Waals surface area contributed by atoms with E-state index in [-0.39, 0.29) is 17.3 Å². The second kappa shape index (κ2) is 8.10. The Morgan fingerprint density at radius 1 is 1.11 bits per heavy atom. The average Bonchev–Trinajstić information content (AvgIpc) is 2.53. The number of rotatable bonds is 6. The minimum absolute atomic E-state index is 0.0735. The Hall–Kier alpha value is -2.39. The van der Waals surface area contributed by atoms with Crippen molar-refractivity contribution in [3.05, 3.63) is 59.7 Å². The SMILES string of the molecule is C[NH+](CC(=O)Nc1cccc(S(C)(=O)=O)c1)Cc1ccc(C(F)(F)F)cc1. The van der Waals surface area contributed by atoms with Gasteiger partial charge in [0.25, 0.3) is 5.91 Å². The molecule has 0 aliphatic heterocycles. The van der Waals surface area contributed by atoms with Gasteiger partial charge in [0.1, 0.15) is 6.54 Å². The molecule has 5 nitrogen and oxygen atoms in total. The molecule has 0 saturated heterocycles. The summed E-state index contributed by atoms with van der Waals surface area (Å²) in [6.45, 7) is 0.444. The number of halogens is 3. The van der Waals surface area contributed by atoms with E-state index in [0.29, 0.717) is 17.8 Å². The first-order chi connectivity index (χ1) is 12.4. The fourth-order valence-corrected chi connectivity index (χ4v) is 3.17. The number of alkyl halides is 3. The van der Waals surface area contributed by atoms with Crippen LogP contribution in [0.3, 0.4) is 0 Å². The standard InChI is InChI=1S/C18H19F3N2O3S/c1-23(11-13-6-8-14(9-7-13)18(19,20)21)12-17(24)22-15-4-3-5-16(10-15)27(2,25)26/h3-10H,11-12H2,1-2H3,(H,22,24)/p+1. The van der Waals surface area contributed by atoms with Crippen LogP contribution in [0, 0.1) is 0 Å². The molecule has 0 fully saturated rings. The lowest BCUT2D eigenvalue weighted by atomic mass is 10.1. The molecule has 0 radical (unpaired) electrons. The molecule has 0 heterocycles. The van der Waals surface area contributed by atoms with Gasteiger partial charge in [-0.3, -0.25) is 4.79 Å². The molecule has 9 heteroatoms. The van der Waals surface area contributed by atoms with Gasteiger partial charge < -0.3 is 10.2 Å². The number of hydrogen-bond donors (Lipinski definition) is 2. The van der Waals surface area contributed by atoms with E-state index in [1.807, 2.05) is 0 Å². The molecule has 2 aromatic rings. The van der Waals surface area contributed by atoms with E-state index in [1.165, 1.54) is 30.3 Å². The molecule has 1 amide bonds. The second-order valence-electron chi connectivity index (χ2n) is 6.35. The number of amides is 1. The van der Waals surface area contributed by atoms with Crippen molar-refractivity contribution in [2.75, 3.05) is 25.2 Å². The van der Waals surface area contributed by atoms with Crippen LogP contribution in [0.5, 0.6) is 0 Å². The van der Waals surface area contributed by atoms with Crippen LogP contribution in [0.25, 0.3) is 0 Å². The van der Waals surface area contributed by atoms with E-state index in [4.69, 9.17) is 0 Å². The monoisotopic (exact) mass is 401 g/mol. The third-order valence-corrected chi connectivity index (χ3v) is 4.91. The molecule has 0 saturated carbocycles. The maximum absolute atomic E-state index is 12.6. The normalized spacial score (nSPS) is 13.2. The van der Waals surface area contributed by atoms with Crippen LogP contribution < -0.4 is 10.2 Å². The minimum Gasteiger partial charge on any atom is -0.326 e. The number of carbonyl (C=O) groups is 1. The molecular formula is C18H20F3N2O3S+. The Morgan fingerprint density at radius 3 is 2.30 bits per heavy atom. The van der Waals surface area contributed by atoms with Gasteiger partial charge in [-0.25, -0.2) is 8.42 Å². The molecular weight excluding hydrogens is 381 g/mol. The zero-order valence-electron chi connectivity index (χ0n) is 14.8. The van der Waals surface area contributed by atoms with Crippen LogP contribution in [0.2, 0.25) is 0 Å². The van der Waals surface area contributed by atoms with E-state index in [2.05, 4.69) is 5.32 Å². The Morgan fingerprint density at radius 2 is 1.74 bits per heavy atom. The second-order valence-corrected chi connectivity index (χ2v) is 8.37. The van der Waals surface area contributed by atoms with Crippen molar-refractivity contribution < 1.29 is 31.3 Å². The molecule has 2 aromatic carbocycles. The summed E-state index contributed by atoms with van der Waals surface area (Å²) in [6, 6.07) is 10.7. The van der Waals surface area contributed by atoms with E-state index in [1.54, 1.807) is 13.1 Å². The predicted octanol–water partition coefficient (Wildman–Crippen LogP) is 1.76. The van der Waals surface area contributed by atoms with Gasteiger partial charge in [0.15, 0.2) is 16.4 Å². The number of likely N-dealkylation sites (N-methyl/N-ethyl adjacent to an activating group) is 1. The minimum atomic E-state index is -4.38. The molecule has 0 aliphatic carbocycles. The van der Waals surface area contributed by atoms with E-state index in [0.717, 1.165) is 23.3 Å². The predicted molar refractivity (Wildman–Crippen MR) is 95.1 cm³/mol. The van der Waals surface area contributed by atoms with Crippen LogP contribution in [0.1, 0.15) is 11.1 Å². The highest BCUT2D eigenvalue weighted by Crippen LogP contribution is 2.28. The lowest BCUT2D eigenvalue weighted by Gasteiger charge is -2.15. The van der Waals surface area contributed by atoms with Gasteiger partial charge in [-0.2, -0.15) is 13.2 Å². The Labute approximate surface area is 155 Å². The van der Waals surface area contributed by atoms with E-state index < -0.39 is 21.6 Å². The first-order valence-electron chi connectivity index (χ1n) is 8.02. The number of nitrogens with one attached hydrogen (secondary N) is 2. The Balaban J connectivity index is 1.94. The average molecular weight is 401 g/mol. The first-order valence-corrected chi connectivity index (χ1v) is 9.92. The van der Waals surface area contributed by atoms with Gasteiger partial charge in [-0.15, -0.1) is 0 Å². The zero-order valence-corrected chi connectivity index (χ0v) is 15.6. The number of benzene rings is 2. The topological polar surface area (TPSA) is 67.7 Å². The van der Waals surface area contributed by atoms with Crippen LogP contribution in [0.4, 0.5) is 18.9 Å². The number of anilines is 1. The molecule has 0 aliphatic rings. The summed E-state index contributed by atoms with van der Waals surface area (Å²) in [5, 5.41) is 2.63. The third-order valence-electron chi connectivity index (χ3n) is 3.80. The number of hydrogen-bond acceptors (Lipinski definition) is 3. The highest BCUT2D eigenvalue weighted by atomic mass is 32.2. The van der Waals surface area contributed by atoms with Crippen LogP contribution in [-0.4, -0.2) is 34.2 Å². The van der Waals surface area contributed by atoms with Gasteiger partial charge in [0.05, 0.1) is 17.5 Å². The quantitative estimate of drug-likeness (QED) is 0.775.